The first-order valence-corrected chi connectivity index (χ1v) is 6.99. The second-order valence-corrected chi connectivity index (χ2v) is 5.41. The topological polar surface area (TPSA) is 67.8 Å². The standard InChI is InChI=1S/C14H11Cl3N2O2/c15-10-3-4-13(12(17)6-10)21-7-9-2-1-8(5-11(9)16)14(18)19-20/h1-6,20H,7H2,(H2,18,19). The number of nitrogens with zero attached hydrogens (tertiary/aromatic N) is 1. The molecule has 0 radical (unpaired) electrons. The maximum atomic E-state index is 8.62. The van der Waals surface area contributed by atoms with Gasteiger partial charge in [-0.3, -0.25) is 0 Å². The van der Waals surface area contributed by atoms with E-state index in [1.807, 2.05) is 0 Å². The lowest BCUT2D eigenvalue weighted by Gasteiger charge is -2.10. The minimum absolute atomic E-state index is 0.00915. The fraction of sp³-hybridized carbons (Fsp3) is 0.0714. The summed E-state index contributed by atoms with van der Waals surface area (Å²) in [6.45, 7) is 0.233. The van der Waals surface area contributed by atoms with Gasteiger partial charge < -0.3 is 15.7 Å². The van der Waals surface area contributed by atoms with Crippen LogP contribution in [0, 0.1) is 0 Å². The Morgan fingerprint density at radius 3 is 2.48 bits per heavy atom. The normalized spacial score (nSPS) is 11.5. The van der Waals surface area contributed by atoms with E-state index in [0.717, 1.165) is 5.56 Å². The van der Waals surface area contributed by atoms with Gasteiger partial charge in [0.2, 0.25) is 0 Å². The molecule has 7 heteroatoms. The molecule has 0 saturated carbocycles. The van der Waals surface area contributed by atoms with Crippen molar-refractivity contribution in [1.82, 2.24) is 0 Å². The molecule has 2 rings (SSSR count). The summed E-state index contributed by atoms with van der Waals surface area (Å²) >= 11 is 18.0. The molecule has 0 atom stereocenters. The number of nitrogens with two attached hydrogens (primary N) is 1. The summed E-state index contributed by atoms with van der Waals surface area (Å²) in [5.74, 6) is 0.503. The molecule has 3 N–H and O–H groups in total. The molecule has 0 aliphatic carbocycles. The second kappa shape index (κ2) is 6.89. The molecule has 0 amide bonds. The highest BCUT2D eigenvalue weighted by atomic mass is 35.5. The van der Waals surface area contributed by atoms with Gasteiger partial charge in [0.25, 0.3) is 0 Å². The molecule has 0 aromatic heterocycles. The molecule has 0 unspecified atom stereocenters. The molecular formula is C14H11Cl3N2O2. The molecule has 0 heterocycles. The molecule has 21 heavy (non-hydrogen) atoms. The molecule has 4 nitrogen and oxygen atoms in total. The van der Waals surface area contributed by atoms with E-state index in [2.05, 4.69) is 5.16 Å². The third-order valence-electron chi connectivity index (χ3n) is 2.73. The predicted molar refractivity (Wildman–Crippen MR) is 84.8 cm³/mol. The van der Waals surface area contributed by atoms with Gasteiger partial charge in [-0.2, -0.15) is 0 Å². The first-order valence-electron chi connectivity index (χ1n) is 5.85. The first-order chi connectivity index (χ1) is 10.0. The average Bonchev–Trinajstić information content (AvgIpc) is 2.46. The lowest BCUT2D eigenvalue weighted by molar-refractivity contribution is 0.306. The van der Waals surface area contributed by atoms with Gasteiger partial charge in [-0.25, -0.2) is 0 Å². The van der Waals surface area contributed by atoms with E-state index in [-0.39, 0.29) is 12.4 Å². The van der Waals surface area contributed by atoms with Crippen molar-refractivity contribution in [3.63, 3.8) is 0 Å². The average molecular weight is 346 g/mol. The van der Waals surface area contributed by atoms with E-state index < -0.39 is 0 Å². The van der Waals surface area contributed by atoms with Crippen molar-refractivity contribution in [2.45, 2.75) is 6.61 Å². The third-order valence-corrected chi connectivity index (χ3v) is 3.62. The van der Waals surface area contributed by atoms with Gasteiger partial charge in [-0.05, 0) is 24.3 Å². The molecule has 2 aromatic rings. The lowest BCUT2D eigenvalue weighted by Crippen LogP contribution is -2.13. The third kappa shape index (κ3) is 3.94. The maximum Gasteiger partial charge on any atom is 0.170 e. The Hall–Kier alpha value is -1.62. The van der Waals surface area contributed by atoms with Crippen molar-refractivity contribution in [1.29, 1.82) is 0 Å². The van der Waals surface area contributed by atoms with Gasteiger partial charge in [0, 0.05) is 21.2 Å². The highest BCUT2D eigenvalue weighted by molar-refractivity contribution is 6.35. The van der Waals surface area contributed by atoms with Crippen LogP contribution in [0.1, 0.15) is 11.1 Å². The fourth-order valence-corrected chi connectivity index (χ4v) is 2.33. The maximum absolute atomic E-state index is 8.62. The van der Waals surface area contributed by atoms with Crippen molar-refractivity contribution in [2.24, 2.45) is 10.9 Å². The van der Waals surface area contributed by atoms with Crippen molar-refractivity contribution in [2.75, 3.05) is 0 Å². The van der Waals surface area contributed by atoms with Crippen LogP contribution in [0.5, 0.6) is 5.75 Å². The Bertz CT molecular complexity index is 690. The molecule has 2 aromatic carbocycles. The van der Waals surface area contributed by atoms with E-state index in [0.29, 0.717) is 26.4 Å². The summed E-state index contributed by atoms with van der Waals surface area (Å²) < 4.78 is 5.60. The first kappa shape index (κ1) is 15.8. The number of oxime groups is 1. The summed E-state index contributed by atoms with van der Waals surface area (Å²) in [5, 5.41) is 12.9. The van der Waals surface area contributed by atoms with Crippen LogP contribution in [0.3, 0.4) is 0 Å². The highest BCUT2D eigenvalue weighted by Crippen LogP contribution is 2.29. The van der Waals surface area contributed by atoms with E-state index in [4.69, 9.17) is 50.5 Å². The highest BCUT2D eigenvalue weighted by Gasteiger charge is 2.07. The summed E-state index contributed by atoms with van der Waals surface area (Å²) in [6.07, 6.45) is 0. The molecule has 0 fully saturated rings. The second-order valence-electron chi connectivity index (χ2n) is 4.15. The number of hydrogen-bond donors (Lipinski definition) is 2. The van der Waals surface area contributed by atoms with Gasteiger partial charge in [-0.15, -0.1) is 0 Å². The Labute approximate surface area is 136 Å². The van der Waals surface area contributed by atoms with Crippen LogP contribution < -0.4 is 10.5 Å². The summed E-state index contributed by atoms with van der Waals surface area (Å²) in [7, 11) is 0. The zero-order chi connectivity index (χ0) is 15.4. The minimum atomic E-state index is -0.00915. The van der Waals surface area contributed by atoms with Crippen molar-refractivity contribution in [3.05, 3.63) is 62.6 Å². The van der Waals surface area contributed by atoms with Crippen LogP contribution >= 0.6 is 34.8 Å². The van der Waals surface area contributed by atoms with Crippen LogP contribution in [0.2, 0.25) is 15.1 Å². The molecular weight excluding hydrogens is 335 g/mol. The van der Waals surface area contributed by atoms with Gasteiger partial charge in [0.1, 0.15) is 12.4 Å². The monoisotopic (exact) mass is 344 g/mol. The smallest absolute Gasteiger partial charge is 0.170 e. The zero-order valence-corrected chi connectivity index (χ0v) is 13.0. The number of amidine groups is 1. The van der Waals surface area contributed by atoms with Crippen LogP contribution in [-0.4, -0.2) is 11.0 Å². The lowest BCUT2D eigenvalue weighted by atomic mass is 10.1. The SMILES string of the molecule is N/C(=N/O)c1ccc(COc2ccc(Cl)cc2Cl)c(Cl)c1. The largest absolute Gasteiger partial charge is 0.487 e. The van der Waals surface area contributed by atoms with Gasteiger partial charge in [0.15, 0.2) is 5.84 Å². The van der Waals surface area contributed by atoms with E-state index in [1.54, 1.807) is 36.4 Å². The summed E-state index contributed by atoms with van der Waals surface area (Å²) in [5.41, 5.74) is 6.76. The van der Waals surface area contributed by atoms with Crippen molar-refractivity contribution in [3.8, 4) is 5.75 Å². The fourth-order valence-electron chi connectivity index (χ4n) is 1.63. The summed E-state index contributed by atoms with van der Waals surface area (Å²) in [6, 6.07) is 9.98. The van der Waals surface area contributed by atoms with E-state index in [9.17, 15) is 0 Å². The van der Waals surface area contributed by atoms with Crippen LogP contribution in [-0.2, 0) is 6.61 Å². The molecule has 0 spiro atoms. The van der Waals surface area contributed by atoms with Crippen LogP contribution in [0.25, 0.3) is 0 Å². The van der Waals surface area contributed by atoms with Crippen molar-refractivity contribution < 1.29 is 9.94 Å². The molecule has 0 saturated heterocycles. The molecule has 0 bridgehead atoms. The number of hydrogen-bond acceptors (Lipinski definition) is 3. The summed E-state index contributed by atoms with van der Waals surface area (Å²) in [4.78, 5) is 0. The number of benzene rings is 2. The van der Waals surface area contributed by atoms with E-state index >= 15 is 0 Å². The van der Waals surface area contributed by atoms with E-state index in [1.165, 1.54) is 0 Å². The Morgan fingerprint density at radius 2 is 1.86 bits per heavy atom. The van der Waals surface area contributed by atoms with Gasteiger partial charge >= 0.3 is 0 Å². The molecule has 110 valence electrons. The molecule has 0 aliphatic heterocycles. The number of ether oxygens (including phenoxy) is 1. The zero-order valence-electron chi connectivity index (χ0n) is 10.7. The van der Waals surface area contributed by atoms with Gasteiger partial charge in [0.05, 0.1) is 5.02 Å². The Morgan fingerprint density at radius 1 is 1.10 bits per heavy atom. The predicted octanol–water partition coefficient (Wildman–Crippen LogP) is 4.32. The number of halogens is 3. The Balaban J connectivity index is 2.13. The van der Waals surface area contributed by atoms with Crippen LogP contribution in [0.4, 0.5) is 0 Å². The molecule has 0 aliphatic rings. The Kier molecular flexibility index (Phi) is 5.17. The minimum Gasteiger partial charge on any atom is -0.487 e. The van der Waals surface area contributed by atoms with Gasteiger partial charge in [-0.1, -0.05) is 52.1 Å². The number of rotatable bonds is 4. The van der Waals surface area contributed by atoms with Crippen LogP contribution in [0.15, 0.2) is 41.6 Å². The quantitative estimate of drug-likeness (QED) is 0.375. The van der Waals surface area contributed by atoms with Crippen molar-refractivity contribution >= 4 is 40.6 Å².